The van der Waals surface area contributed by atoms with Crippen LogP contribution < -0.4 is 5.32 Å². The minimum absolute atomic E-state index is 0.178. The summed E-state index contributed by atoms with van der Waals surface area (Å²) in [5, 5.41) is 16.6. The van der Waals surface area contributed by atoms with Crippen molar-refractivity contribution >= 4 is 11.6 Å². The smallest absolute Gasteiger partial charge is 0.339 e. The molecule has 88 valence electrons. The first-order chi connectivity index (χ1) is 8.24. The second-order valence-electron chi connectivity index (χ2n) is 4.18. The highest BCUT2D eigenvalue weighted by Crippen LogP contribution is 2.19. The quantitative estimate of drug-likeness (QED) is 0.810. The maximum absolute atomic E-state index is 11.0. The van der Waals surface area contributed by atoms with Crippen molar-refractivity contribution < 1.29 is 9.90 Å². The van der Waals surface area contributed by atoms with Crippen molar-refractivity contribution in [3.8, 4) is 0 Å². The average Bonchev–Trinajstić information content (AvgIpc) is 3.04. The van der Waals surface area contributed by atoms with Crippen LogP contribution in [0.4, 0.5) is 0 Å². The Morgan fingerprint density at radius 2 is 2.41 bits per heavy atom. The molecule has 0 spiro atoms. The highest BCUT2D eigenvalue weighted by atomic mass is 16.4. The molecule has 2 aromatic heterocycles. The molecule has 0 aromatic carbocycles. The van der Waals surface area contributed by atoms with Crippen molar-refractivity contribution in [2.45, 2.75) is 25.4 Å². The van der Waals surface area contributed by atoms with E-state index in [4.69, 9.17) is 5.11 Å². The number of carboxylic acids is 1. The van der Waals surface area contributed by atoms with Crippen molar-refractivity contribution in [3.05, 3.63) is 29.7 Å². The van der Waals surface area contributed by atoms with E-state index in [0.717, 1.165) is 0 Å². The second kappa shape index (κ2) is 3.81. The van der Waals surface area contributed by atoms with Crippen LogP contribution in [0, 0.1) is 0 Å². The zero-order valence-corrected chi connectivity index (χ0v) is 9.13. The fourth-order valence-electron chi connectivity index (χ4n) is 1.72. The SMILES string of the molecule is O=C(O)c1cccn2nc(CNC3CC3)nc12. The Labute approximate surface area is 97.3 Å². The molecule has 1 aliphatic rings. The fourth-order valence-corrected chi connectivity index (χ4v) is 1.72. The van der Waals surface area contributed by atoms with E-state index in [1.807, 2.05) is 0 Å². The van der Waals surface area contributed by atoms with E-state index in [0.29, 0.717) is 24.1 Å². The monoisotopic (exact) mass is 232 g/mol. The Hall–Kier alpha value is -1.95. The maximum Gasteiger partial charge on any atom is 0.339 e. The third kappa shape index (κ3) is 1.99. The number of rotatable bonds is 4. The molecule has 0 atom stereocenters. The van der Waals surface area contributed by atoms with Crippen LogP contribution in [0.15, 0.2) is 18.3 Å². The van der Waals surface area contributed by atoms with Crippen LogP contribution >= 0.6 is 0 Å². The summed E-state index contributed by atoms with van der Waals surface area (Å²) in [6.45, 7) is 0.589. The molecule has 2 N–H and O–H groups in total. The van der Waals surface area contributed by atoms with Crippen molar-refractivity contribution in [1.29, 1.82) is 0 Å². The highest BCUT2D eigenvalue weighted by Gasteiger charge is 2.21. The molecule has 1 aliphatic carbocycles. The van der Waals surface area contributed by atoms with Gasteiger partial charge in [-0.15, -0.1) is 5.10 Å². The van der Waals surface area contributed by atoms with Gasteiger partial charge in [0.25, 0.3) is 0 Å². The summed E-state index contributed by atoms with van der Waals surface area (Å²) < 4.78 is 1.51. The summed E-state index contributed by atoms with van der Waals surface area (Å²) in [6, 6.07) is 3.77. The lowest BCUT2D eigenvalue weighted by Crippen LogP contribution is -2.16. The first kappa shape index (κ1) is 10.2. The number of hydrogen-bond donors (Lipinski definition) is 2. The van der Waals surface area contributed by atoms with Crippen LogP contribution in [0.1, 0.15) is 29.0 Å². The number of hydrogen-bond acceptors (Lipinski definition) is 4. The molecule has 0 amide bonds. The summed E-state index contributed by atoms with van der Waals surface area (Å²) in [6.07, 6.45) is 4.11. The van der Waals surface area contributed by atoms with Crippen LogP contribution in [0.25, 0.3) is 5.65 Å². The second-order valence-corrected chi connectivity index (χ2v) is 4.18. The molecule has 3 rings (SSSR count). The summed E-state index contributed by atoms with van der Waals surface area (Å²) in [5.41, 5.74) is 0.574. The van der Waals surface area contributed by atoms with E-state index in [2.05, 4.69) is 15.4 Å². The molecular formula is C11H12N4O2. The third-order valence-corrected chi connectivity index (χ3v) is 2.76. The molecule has 0 unspecified atom stereocenters. The lowest BCUT2D eigenvalue weighted by Gasteiger charge is -1.95. The van der Waals surface area contributed by atoms with Crippen LogP contribution in [0.2, 0.25) is 0 Å². The van der Waals surface area contributed by atoms with Gasteiger partial charge in [-0.05, 0) is 25.0 Å². The van der Waals surface area contributed by atoms with Crippen LogP contribution in [0.5, 0.6) is 0 Å². The van der Waals surface area contributed by atoms with Gasteiger partial charge in [0.05, 0.1) is 6.54 Å². The van der Waals surface area contributed by atoms with Gasteiger partial charge in [-0.25, -0.2) is 14.3 Å². The van der Waals surface area contributed by atoms with Gasteiger partial charge in [-0.3, -0.25) is 0 Å². The molecule has 2 aromatic rings. The van der Waals surface area contributed by atoms with Crippen LogP contribution in [-0.4, -0.2) is 31.7 Å². The molecule has 6 nitrogen and oxygen atoms in total. The van der Waals surface area contributed by atoms with Crippen molar-refractivity contribution in [2.24, 2.45) is 0 Å². The van der Waals surface area contributed by atoms with E-state index in [-0.39, 0.29) is 5.56 Å². The largest absolute Gasteiger partial charge is 0.478 e. The van der Waals surface area contributed by atoms with E-state index >= 15 is 0 Å². The number of aromatic carboxylic acids is 1. The summed E-state index contributed by atoms with van der Waals surface area (Å²) >= 11 is 0. The fraction of sp³-hybridized carbons (Fsp3) is 0.364. The molecular weight excluding hydrogens is 220 g/mol. The lowest BCUT2D eigenvalue weighted by atomic mass is 10.3. The van der Waals surface area contributed by atoms with Gasteiger partial charge >= 0.3 is 5.97 Å². The standard InChI is InChI=1S/C11H12N4O2/c16-11(17)8-2-1-5-15-10(8)13-9(14-15)6-12-7-3-4-7/h1-2,5,7,12H,3-4,6H2,(H,16,17). The minimum Gasteiger partial charge on any atom is -0.478 e. The van der Waals surface area contributed by atoms with Crippen LogP contribution in [0.3, 0.4) is 0 Å². The van der Waals surface area contributed by atoms with Crippen LogP contribution in [-0.2, 0) is 6.54 Å². The lowest BCUT2D eigenvalue weighted by molar-refractivity contribution is 0.0698. The number of nitrogens with zero attached hydrogens (tertiary/aromatic N) is 3. The number of carboxylic acid groups (broad SMARTS) is 1. The summed E-state index contributed by atoms with van der Waals surface area (Å²) in [5.74, 6) is -0.352. The number of fused-ring (bicyclic) bond motifs is 1. The van der Waals surface area contributed by atoms with E-state index in [1.165, 1.54) is 23.4 Å². The van der Waals surface area contributed by atoms with Gasteiger partial charge in [0.1, 0.15) is 5.56 Å². The minimum atomic E-state index is -0.982. The normalized spacial score (nSPS) is 15.3. The van der Waals surface area contributed by atoms with E-state index < -0.39 is 5.97 Å². The number of pyridine rings is 1. The van der Waals surface area contributed by atoms with Gasteiger partial charge in [-0.2, -0.15) is 0 Å². The number of aromatic nitrogens is 3. The average molecular weight is 232 g/mol. The Bertz CT molecular complexity index is 574. The van der Waals surface area contributed by atoms with Gasteiger partial charge in [0, 0.05) is 12.2 Å². The summed E-state index contributed by atoms with van der Waals surface area (Å²) in [7, 11) is 0. The van der Waals surface area contributed by atoms with E-state index in [9.17, 15) is 4.79 Å². The molecule has 0 bridgehead atoms. The zero-order chi connectivity index (χ0) is 11.8. The molecule has 0 radical (unpaired) electrons. The third-order valence-electron chi connectivity index (χ3n) is 2.76. The summed E-state index contributed by atoms with van der Waals surface area (Å²) in [4.78, 5) is 15.2. The molecule has 2 heterocycles. The molecule has 17 heavy (non-hydrogen) atoms. The Morgan fingerprint density at radius 3 is 3.12 bits per heavy atom. The molecule has 0 aliphatic heterocycles. The number of carbonyl (C=O) groups is 1. The molecule has 0 saturated heterocycles. The van der Waals surface area contributed by atoms with E-state index in [1.54, 1.807) is 12.3 Å². The molecule has 6 heteroatoms. The molecule has 1 saturated carbocycles. The van der Waals surface area contributed by atoms with Gasteiger partial charge in [-0.1, -0.05) is 0 Å². The zero-order valence-electron chi connectivity index (χ0n) is 9.13. The van der Waals surface area contributed by atoms with Gasteiger partial charge < -0.3 is 10.4 Å². The first-order valence-corrected chi connectivity index (χ1v) is 5.55. The maximum atomic E-state index is 11.0. The van der Waals surface area contributed by atoms with Crippen molar-refractivity contribution in [1.82, 2.24) is 19.9 Å². The van der Waals surface area contributed by atoms with Crippen molar-refractivity contribution in [2.75, 3.05) is 0 Å². The predicted octanol–water partition coefficient (Wildman–Crippen LogP) is 0.679. The topological polar surface area (TPSA) is 79.5 Å². The van der Waals surface area contributed by atoms with Gasteiger partial charge in [0.2, 0.25) is 0 Å². The highest BCUT2D eigenvalue weighted by molar-refractivity contribution is 5.94. The predicted molar refractivity (Wildman–Crippen MR) is 59.8 cm³/mol. The van der Waals surface area contributed by atoms with Crippen molar-refractivity contribution in [3.63, 3.8) is 0 Å². The Morgan fingerprint density at radius 1 is 1.59 bits per heavy atom. The molecule has 1 fully saturated rings. The Kier molecular flexibility index (Phi) is 2.29. The Balaban J connectivity index is 1.93. The first-order valence-electron chi connectivity index (χ1n) is 5.55. The number of nitrogens with one attached hydrogen (secondary N) is 1. The van der Waals surface area contributed by atoms with Gasteiger partial charge in [0.15, 0.2) is 11.5 Å².